The maximum atomic E-state index is 13.4. The SMILES string of the molecule is O=C(O)CN=C(c1ccccc1)C1C=C(Cl)C=CC1NC(=O)C1CCCN1Cc1ccccc1. The number of carbonyl (C=O) groups is 2. The van der Waals surface area contributed by atoms with Crippen LogP contribution in [0.15, 0.2) is 88.9 Å². The molecule has 1 fully saturated rings. The molecule has 1 heterocycles. The van der Waals surface area contributed by atoms with E-state index in [1.54, 1.807) is 6.08 Å². The highest BCUT2D eigenvalue weighted by molar-refractivity contribution is 6.31. The lowest BCUT2D eigenvalue weighted by Crippen LogP contribution is -2.49. The molecule has 1 aliphatic heterocycles. The van der Waals surface area contributed by atoms with Crippen molar-refractivity contribution in [3.63, 3.8) is 0 Å². The zero-order valence-corrected chi connectivity index (χ0v) is 19.6. The number of benzene rings is 2. The summed E-state index contributed by atoms with van der Waals surface area (Å²) in [5.74, 6) is -1.43. The number of aliphatic imine (C=N–C) groups is 1. The quantitative estimate of drug-likeness (QED) is 0.563. The molecule has 6 nitrogen and oxygen atoms in total. The van der Waals surface area contributed by atoms with Crippen molar-refractivity contribution in [1.82, 2.24) is 10.2 Å². The lowest BCUT2D eigenvalue weighted by Gasteiger charge is -2.30. The van der Waals surface area contributed by atoms with Gasteiger partial charge < -0.3 is 10.4 Å². The van der Waals surface area contributed by atoms with E-state index in [0.717, 1.165) is 31.5 Å². The van der Waals surface area contributed by atoms with E-state index in [1.165, 1.54) is 5.56 Å². The fraction of sp³-hybridized carbons (Fsp3) is 0.296. The summed E-state index contributed by atoms with van der Waals surface area (Å²) >= 11 is 6.33. The second-order valence-corrected chi connectivity index (χ2v) is 8.98. The van der Waals surface area contributed by atoms with Crippen molar-refractivity contribution in [2.75, 3.05) is 13.1 Å². The van der Waals surface area contributed by atoms with E-state index in [-0.39, 0.29) is 30.5 Å². The minimum absolute atomic E-state index is 0.0369. The number of carboxylic acid groups (broad SMARTS) is 1. The Morgan fingerprint density at radius 2 is 1.79 bits per heavy atom. The third-order valence-electron chi connectivity index (χ3n) is 6.16. The Balaban J connectivity index is 1.54. The van der Waals surface area contributed by atoms with Crippen molar-refractivity contribution in [2.45, 2.75) is 31.5 Å². The summed E-state index contributed by atoms with van der Waals surface area (Å²) in [4.78, 5) is 31.3. The molecule has 34 heavy (non-hydrogen) atoms. The molecule has 4 rings (SSSR count). The van der Waals surface area contributed by atoms with Gasteiger partial charge >= 0.3 is 5.97 Å². The molecule has 0 aromatic heterocycles. The van der Waals surface area contributed by atoms with E-state index < -0.39 is 5.97 Å². The second kappa shape index (κ2) is 11.3. The first kappa shape index (κ1) is 23.9. The monoisotopic (exact) mass is 477 g/mol. The molecule has 0 saturated carbocycles. The standard InChI is InChI=1S/C27H28ClN3O3/c28-21-13-14-23(22(16-21)26(29-17-25(32)33)20-10-5-2-6-11-20)30-27(34)24-12-7-15-31(24)18-19-8-3-1-4-9-19/h1-6,8-11,13-14,16,22-24H,7,12,15,17-18H2,(H,30,34)(H,32,33). The maximum absolute atomic E-state index is 13.4. The Morgan fingerprint density at radius 3 is 2.50 bits per heavy atom. The number of amides is 1. The summed E-state index contributed by atoms with van der Waals surface area (Å²) in [7, 11) is 0. The maximum Gasteiger partial charge on any atom is 0.325 e. The average molecular weight is 478 g/mol. The van der Waals surface area contributed by atoms with Crippen LogP contribution in [-0.2, 0) is 16.1 Å². The number of carbonyl (C=O) groups excluding carboxylic acids is 1. The van der Waals surface area contributed by atoms with E-state index in [1.807, 2.05) is 60.7 Å². The number of rotatable bonds is 8. The van der Waals surface area contributed by atoms with E-state index in [2.05, 4.69) is 27.3 Å². The third kappa shape index (κ3) is 6.01. The third-order valence-corrected chi connectivity index (χ3v) is 6.41. The van der Waals surface area contributed by atoms with Gasteiger partial charge in [-0.15, -0.1) is 0 Å². The fourth-order valence-corrected chi connectivity index (χ4v) is 4.78. The largest absolute Gasteiger partial charge is 0.480 e. The molecule has 3 atom stereocenters. The predicted octanol–water partition coefficient (Wildman–Crippen LogP) is 4.02. The number of allylic oxidation sites excluding steroid dienone is 2. The van der Waals surface area contributed by atoms with Gasteiger partial charge in [0.15, 0.2) is 0 Å². The Bertz CT molecular complexity index is 1100. The number of likely N-dealkylation sites (tertiary alicyclic amines) is 1. The molecule has 2 N–H and O–H groups in total. The van der Waals surface area contributed by atoms with Crippen LogP contribution < -0.4 is 5.32 Å². The van der Waals surface area contributed by atoms with Crippen LogP contribution in [0.1, 0.15) is 24.0 Å². The summed E-state index contributed by atoms with van der Waals surface area (Å²) in [6.07, 6.45) is 7.22. The summed E-state index contributed by atoms with van der Waals surface area (Å²) in [5.41, 5.74) is 2.57. The molecule has 2 aliphatic rings. The van der Waals surface area contributed by atoms with E-state index in [4.69, 9.17) is 11.6 Å². The van der Waals surface area contributed by atoms with Crippen molar-refractivity contribution in [3.05, 3.63) is 95.1 Å². The first-order valence-electron chi connectivity index (χ1n) is 11.5. The lowest BCUT2D eigenvalue weighted by atomic mass is 9.86. The van der Waals surface area contributed by atoms with Crippen LogP contribution in [0.2, 0.25) is 0 Å². The van der Waals surface area contributed by atoms with Crippen molar-refractivity contribution < 1.29 is 14.7 Å². The first-order valence-corrected chi connectivity index (χ1v) is 11.8. The van der Waals surface area contributed by atoms with Crippen molar-refractivity contribution in [1.29, 1.82) is 0 Å². The minimum Gasteiger partial charge on any atom is -0.480 e. The fourth-order valence-electron chi connectivity index (χ4n) is 4.57. The highest BCUT2D eigenvalue weighted by atomic mass is 35.5. The van der Waals surface area contributed by atoms with Crippen molar-refractivity contribution >= 4 is 29.2 Å². The summed E-state index contributed by atoms with van der Waals surface area (Å²) in [6, 6.07) is 19.0. The Kier molecular flexibility index (Phi) is 7.93. The number of aliphatic carboxylic acids is 1. The molecule has 1 aliphatic carbocycles. The Morgan fingerprint density at radius 1 is 1.09 bits per heavy atom. The molecule has 1 amide bonds. The number of nitrogens with zero attached hydrogens (tertiary/aromatic N) is 2. The van der Waals surface area contributed by atoms with Crippen LogP contribution in [0.25, 0.3) is 0 Å². The van der Waals surface area contributed by atoms with Gasteiger partial charge in [0, 0.05) is 17.5 Å². The molecule has 0 spiro atoms. The average Bonchev–Trinajstić information content (AvgIpc) is 3.30. The number of hydrogen-bond donors (Lipinski definition) is 2. The van der Waals surface area contributed by atoms with Gasteiger partial charge in [-0.25, -0.2) is 0 Å². The van der Waals surface area contributed by atoms with Crippen molar-refractivity contribution in [3.8, 4) is 0 Å². The summed E-state index contributed by atoms with van der Waals surface area (Å²) < 4.78 is 0. The van der Waals surface area contributed by atoms with E-state index >= 15 is 0 Å². The summed E-state index contributed by atoms with van der Waals surface area (Å²) in [6.45, 7) is 1.24. The van der Waals surface area contributed by atoms with Gasteiger partial charge in [0.25, 0.3) is 0 Å². The highest BCUT2D eigenvalue weighted by Crippen LogP contribution is 2.26. The predicted molar refractivity (Wildman–Crippen MR) is 134 cm³/mol. The van der Waals surface area contributed by atoms with Crippen LogP contribution >= 0.6 is 11.6 Å². The van der Waals surface area contributed by atoms with Crippen LogP contribution in [0.5, 0.6) is 0 Å². The number of halogens is 1. The number of hydrogen-bond acceptors (Lipinski definition) is 4. The number of carboxylic acids is 1. The van der Waals surface area contributed by atoms with Crippen LogP contribution in [0, 0.1) is 5.92 Å². The molecule has 2 aromatic rings. The topological polar surface area (TPSA) is 82.0 Å². The normalized spacial score (nSPS) is 22.9. The zero-order chi connectivity index (χ0) is 23.9. The minimum atomic E-state index is -1.02. The zero-order valence-electron chi connectivity index (χ0n) is 18.8. The molecule has 0 bridgehead atoms. The molecule has 3 unspecified atom stereocenters. The van der Waals surface area contributed by atoms with E-state index in [9.17, 15) is 14.7 Å². The Hall–Kier alpha value is -3.22. The van der Waals surface area contributed by atoms with Gasteiger partial charge in [-0.2, -0.15) is 0 Å². The van der Waals surface area contributed by atoms with Gasteiger partial charge in [0.1, 0.15) is 6.54 Å². The molecule has 0 radical (unpaired) electrons. The van der Waals surface area contributed by atoms with Crippen molar-refractivity contribution in [2.24, 2.45) is 10.9 Å². The van der Waals surface area contributed by atoms with Gasteiger partial charge in [0.2, 0.25) is 5.91 Å². The first-order chi connectivity index (χ1) is 16.5. The molecular formula is C27H28ClN3O3. The van der Waals surface area contributed by atoms with Gasteiger partial charge in [-0.1, -0.05) is 84.4 Å². The van der Waals surface area contributed by atoms with Crippen LogP contribution in [0.4, 0.5) is 0 Å². The smallest absolute Gasteiger partial charge is 0.325 e. The molecule has 7 heteroatoms. The molecule has 2 aromatic carbocycles. The van der Waals surface area contributed by atoms with Gasteiger partial charge in [0.05, 0.1) is 17.8 Å². The number of nitrogens with one attached hydrogen (secondary N) is 1. The van der Waals surface area contributed by atoms with Crippen LogP contribution in [0.3, 0.4) is 0 Å². The van der Waals surface area contributed by atoms with E-state index in [0.29, 0.717) is 10.7 Å². The second-order valence-electron chi connectivity index (χ2n) is 8.55. The molecule has 176 valence electrons. The molecule has 1 saturated heterocycles. The Labute approximate surface area is 204 Å². The molecular weight excluding hydrogens is 450 g/mol. The lowest BCUT2D eigenvalue weighted by molar-refractivity contribution is -0.135. The highest BCUT2D eigenvalue weighted by Gasteiger charge is 2.34. The van der Waals surface area contributed by atoms with Gasteiger partial charge in [-0.05, 0) is 36.6 Å². The van der Waals surface area contributed by atoms with Crippen LogP contribution in [-0.4, -0.2) is 52.8 Å². The summed E-state index contributed by atoms with van der Waals surface area (Å²) in [5, 5.41) is 12.9. The van der Waals surface area contributed by atoms with Gasteiger partial charge in [-0.3, -0.25) is 19.5 Å².